The van der Waals surface area contributed by atoms with Crippen molar-refractivity contribution in [3.63, 3.8) is 0 Å². The minimum Gasteiger partial charge on any atom is -0.448 e. The van der Waals surface area contributed by atoms with Crippen molar-refractivity contribution in [2.45, 2.75) is 6.92 Å². The van der Waals surface area contributed by atoms with Crippen molar-refractivity contribution in [1.82, 2.24) is 5.06 Å². The molecule has 1 saturated heterocycles. The number of ether oxygens (including phenoxy) is 1. The summed E-state index contributed by atoms with van der Waals surface area (Å²) in [6.07, 6.45) is -0.385. The molecule has 0 bridgehead atoms. The van der Waals surface area contributed by atoms with Crippen LogP contribution in [0.1, 0.15) is 6.92 Å². The highest BCUT2D eigenvalue weighted by molar-refractivity contribution is 5.66. The van der Waals surface area contributed by atoms with E-state index in [0.29, 0.717) is 19.8 Å². The number of carbonyl (C=O) groups is 1. The second kappa shape index (κ2) is 2.68. The van der Waals surface area contributed by atoms with Gasteiger partial charge in [0.15, 0.2) is 0 Å². The molecular formula is C5H9NO3. The van der Waals surface area contributed by atoms with Gasteiger partial charge in [-0.2, -0.15) is 5.06 Å². The molecule has 0 N–H and O–H groups in total. The van der Waals surface area contributed by atoms with E-state index < -0.39 is 0 Å². The minimum atomic E-state index is -0.385. The first-order valence-corrected chi connectivity index (χ1v) is 2.92. The summed E-state index contributed by atoms with van der Waals surface area (Å²) in [4.78, 5) is 15.3. The van der Waals surface area contributed by atoms with E-state index in [-0.39, 0.29) is 6.09 Å². The Kier molecular flexibility index (Phi) is 1.89. The summed E-state index contributed by atoms with van der Waals surface area (Å²) in [7, 11) is 0. The summed E-state index contributed by atoms with van der Waals surface area (Å²) in [6, 6.07) is 0. The Hall–Kier alpha value is -0.770. The van der Waals surface area contributed by atoms with Gasteiger partial charge in [0, 0.05) is 0 Å². The zero-order chi connectivity index (χ0) is 6.69. The third-order valence-corrected chi connectivity index (χ3v) is 1.01. The van der Waals surface area contributed by atoms with Gasteiger partial charge < -0.3 is 4.74 Å². The molecule has 1 heterocycles. The lowest BCUT2D eigenvalue weighted by Gasteiger charge is -2.28. The van der Waals surface area contributed by atoms with Crippen LogP contribution in [0.2, 0.25) is 0 Å². The summed E-state index contributed by atoms with van der Waals surface area (Å²) >= 11 is 0. The molecule has 4 heteroatoms. The van der Waals surface area contributed by atoms with Crippen molar-refractivity contribution in [2.75, 3.05) is 19.8 Å². The minimum absolute atomic E-state index is 0.385. The largest absolute Gasteiger partial charge is 0.448 e. The van der Waals surface area contributed by atoms with Gasteiger partial charge in [0.1, 0.15) is 0 Å². The number of hydroxylamine groups is 2. The van der Waals surface area contributed by atoms with Gasteiger partial charge in [-0.25, -0.2) is 4.79 Å². The van der Waals surface area contributed by atoms with Crippen LogP contribution in [0.5, 0.6) is 0 Å². The normalized spacial score (nSPS) is 16.8. The Morgan fingerprint density at radius 2 is 2.56 bits per heavy atom. The maximum Gasteiger partial charge on any atom is 0.434 e. The summed E-state index contributed by atoms with van der Waals surface area (Å²) in [5.74, 6) is 0. The van der Waals surface area contributed by atoms with Crippen LogP contribution in [0, 0.1) is 0 Å². The average Bonchev–Trinajstić information content (AvgIpc) is 1.60. The predicted molar refractivity (Wildman–Crippen MR) is 29.7 cm³/mol. The van der Waals surface area contributed by atoms with Crippen LogP contribution in [-0.4, -0.2) is 30.9 Å². The van der Waals surface area contributed by atoms with Crippen LogP contribution >= 0.6 is 0 Å². The smallest absolute Gasteiger partial charge is 0.434 e. The molecule has 0 aromatic rings. The molecule has 0 saturated carbocycles. The molecule has 0 aromatic carbocycles. The van der Waals surface area contributed by atoms with Crippen molar-refractivity contribution in [2.24, 2.45) is 0 Å². The topological polar surface area (TPSA) is 38.8 Å². The Labute approximate surface area is 53.3 Å². The third-order valence-electron chi connectivity index (χ3n) is 1.01. The second-order valence-electron chi connectivity index (χ2n) is 1.63. The number of nitrogens with zero attached hydrogens (tertiary/aromatic N) is 1. The van der Waals surface area contributed by atoms with Crippen LogP contribution in [0.3, 0.4) is 0 Å². The fourth-order valence-electron chi connectivity index (χ4n) is 0.522. The van der Waals surface area contributed by atoms with Crippen LogP contribution in [0.4, 0.5) is 4.79 Å². The average molecular weight is 131 g/mol. The number of carbonyl (C=O) groups excluding carboxylic acids is 1. The lowest BCUT2D eigenvalue weighted by atomic mass is 10.6. The summed E-state index contributed by atoms with van der Waals surface area (Å²) in [6.45, 7) is 3.44. The van der Waals surface area contributed by atoms with Crippen molar-refractivity contribution in [3.05, 3.63) is 0 Å². The zero-order valence-electron chi connectivity index (χ0n) is 5.29. The van der Waals surface area contributed by atoms with E-state index in [0.717, 1.165) is 0 Å². The zero-order valence-corrected chi connectivity index (χ0v) is 5.29. The second-order valence-corrected chi connectivity index (χ2v) is 1.63. The van der Waals surface area contributed by atoms with Crippen LogP contribution in [0.15, 0.2) is 0 Å². The fraction of sp³-hybridized carbons (Fsp3) is 0.800. The van der Waals surface area contributed by atoms with Gasteiger partial charge in [0.05, 0.1) is 19.8 Å². The molecule has 1 amide bonds. The van der Waals surface area contributed by atoms with E-state index in [2.05, 4.69) is 4.74 Å². The van der Waals surface area contributed by atoms with Gasteiger partial charge >= 0.3 is 6.09 Å². The molecule has 0 aromatic heterocycles. The standard InChI is InChI=1S/C5H9NO3/c1-2-8-5(7)6-3-4-9-6/h2-4H2,1H3. The molecule has 0 aliphatic carbocycles. The third kappa shape index (κ3) is 1.32. The molecule has 0 radical (unpaired) electrons. The number of hydrogen-bond acceptors (Lipinski definition) is 3. The molecule has 4 nitrogen and oxygen atoms in total. The highest BCUT2D eigenvalue weighted by Crippen LogP contribution is 2.03. The monoisotopic (exact) mass is 131 g/mol. The molecular weight excluding hydrogens is 122 g/mol. The van der Waals surface area contributed by atoms with E-state index in [1.807, 2.05) is 0 Å². The number of amides is 1. The van der Waals surface area contributed by atoms with Gasteiger partial charge in [-0.05, 0) is 6.92 Å². The molecule has 1 rings (SSSR count). The van der Waals surface area contributed by atoms with Crippen LogP contribution in [0.25, 0.3) is 0 Å². The van der Waals surface area contributed by atoms with Gasteiger partial charge in [0.25, 0.3) is 0 Å². The Morgan fingerprint density at radius 1 is 1.89 bits per heavy atom. The van der Waals surface area contributed by atoms with Crippen LogP contribution < -0.4 is 0 Å². The summed E-state index contributed by atoms with van der Waals surface area (Å²) in [5, 5.41) is 1.20. The molecule has 1 fully saturated rings. The van der Waals surface area contributed by atoms with E-state index in [1.165, 1.54) is 5.06 Å². The summed E-state index contributed by atoms with van der Waals surface area (Å²) in [5.41, 5.74) is 0. The molecule has 1 aliphatic rings. The molecule has 0 unspecified atom stereocenters. The molecule has 52 valence electrons. The van der Waals surface area contributed by atoms with Crippen molar-refractivity contribution in [3.8, 4) is 0 Å². The van der Waals surface area contributed by atoms with E-state index in [9.17, 15) is 4.79 Å². The first-order chi connectivity index (χ1) is 4.34. The Balaban J connectivity index is 2.16. The maximum absolute atomic E-state index is 10.6. The first-order valence-electron chi connectivity index (χ1n) is 2.92. The lowest BCUT2D eigenvalue weighted by Crippen LogP contribution is -2.44. The molecule has 0 spiro atoms. The van der Waals surface area contributed by atoms with E-state index >= 15 is 0 Å². The van der Waals surface area contributed by atoms with E-state index in [4.69, 9.17) is 4.84 Å². The molecule has 9 heavy (non-hydrogen) atoms. The predicted octanol–water partition coefficient (Wildman–Crippen LogP) is 0.390. The molecule has 1 aliphatic heterocycles. The van der Waals surface area contributed by atoms with Crippen molar-refractivity contribution >= 4 is 6.09 Å². The van der Waals surface area contributed by atoms with Crippen LogP contribution in [-0.2, 0) is 9.57 Å². The lowest BCUT2D eigenvalue weighted by molar-refractivity contribution is -0.218. The Morgan fingerprint density at radius 3 is 2.89 bits per heavy atom. The highest BCUT2D eigenvalue weighted by Gasteiger charge is 2.22. The Bertz CT molecular complexity index is 111. The first kappa shape index (κ1) is 6.35. The highest BCUT2D eigenvalue weighted by atomic mass is 16.8. The number of hydrogen-bond donors (Lipinski definition) is 0. The number of rotatable bonds is 1. The van der Waals surface area contributed by atoms with Gasteiger partial charge in [-0.1, -0.05) is 0 Å². The summed E-state index contributed by atoms with van der Waals surface area (Å²) < 4.78 is 4.61. The SMILES string of the molecule is CCOC(=O)N1CCO1. The van der Waals surface area contributed by atoms with E-state index in [1.54, 1.807) is 6.92 Å². The van der Waals surface area contributed by atoms with Crippen molar-refractivity contribution < 1.29 is 14.4 Å². The van der Waals surface area contributed by atoms with Crippen molar-refractivity contribution in [1.29, 1.82) is 0 Å². The van der Waals surface area contributed by atoms with Gasteiger partial charge in [-0.3, -0.25) is 4.84 Å². The van der Waals surface area contributed by atoms with Gasteiger partial charge in [0.2, 0.25) is 0 Å². The quantitative estimate of drug-likeness (QED) is 0.516. The van der Waals surface area contributed by atoms with Gasteiger partial charge in [-0.15, -0.1) is 0 Å². The fourth-order valence-corrected chi connectivity index (χ4v) is 0.522. The molecule has 0 atom stereocenters. The maximum atomic E-state index is 10.6.